The van der Waals surface area contributed by atoms with Crippen molar-refractivity contribution in [2.45, 2.75) is 27.3 Å². The second-order valence-corrected chi connectivity index (χ2v) is 6.48. The lowest BCUT2D eigenvalue weighted by Gasteiger charge is -2.21. The fraction of sp³-hybridized carbons (Fsp3) is 0.462. The second-order valence-electron chi connectivity index (χ2n) is 4.71. The zero-order valence-electron chi connectivity index (χ0n) is 11.4. The normalized spacial score (nSPS) is 11.2. The number of pyridine rings is 1. The molecule has 1 heterocycles. The average Bonchev–Trinajstić information content (AvgIpc) is 2.35. The first-order chi connectivity index (χ1) is 9.20. The Morgan fingerprint density at radius 1 is 1.35 bits per heavy atom. The highest BCUT2D eigenvalue weighted by Crippen LogP contribution is 2.20. The maximum atomic E-state index is 12.2. The van der Waals surface area contributed by atoms with Gasteiger partial charge in [-0.25, -0.2) is 0 Å². The van der Waals surface area contributed by atoms with Crippen LogP contribution in [-0.2, 0) is 20.9 Å². The van der Waals surface area contributed by atoms with Gasteiger partial charge in [0.25, 0.3) is 5.56 Å². The van der Waals surface area contributed by atoms with E-state index in [0.717, 1.165) is 0 Å². The van der Waals surface area contributed by atoms with E-state index in [0.29, 0.717) is 8.95 Å². The number of rotatable bonds is 5. The highest BCUT2D eigenvalue weighted by Gasteiger charge is 2.37. The van der Waals surface area contributed by atoms with Gasteiger partial charge in [0, 0.05) is 10.7 Å². The molecule has 0 spiro atoms. The Kier molecular flexibility index (Phi) is 5.70. The molecule has 1 aromatic heterocycles. The lowest BCUT2D eigenvalue weighted by Crippen LogP contribution is -2.39. The van der Waals surface area contributed by atoms with Crippen LogP contribution in [-0.4, -0.2) is 22.9 Å². The Balaban J connectivity index is 3.02. The van der Waals surface area contributed by atoms with Crippen molar-refractivity contribution in [2.75, 3.05) is 6.61 Å². The predicted molar refractivity (Wildman–Crippen MR) is 81.5 cm³/mol. The van der Waals surface area contributed by atoms with Gasteiger partial charge >= 0.3 is 5.97 Å². The molecule has 20 heavy (non-hydrogen) atoms. The number of aromatic nitrogens is 1. The van der Waals surface area contributed by atoms with E-state index in [4.69, 9.17) is 4.74 Å². The summed E-state index contributed by atoms with van der Waals surface area (Å²) in [6.45, 7) is 4.67. The zero-order valence-corrected chi connectivity index (χ0v) is 14.6. The fourth-order valence-electron chi connectivity index (χ4n) is 1.46. The Morgan fingerprint density at radius 3 is 2.50 bits per heavy atom. The molecule has 0 N–H and O–H groups in total. The van der Waals surface area contributed by atoms with Crippen molar-refractivity contribution < 1.29 is 14.3 Å². The standard InChI is InChI=1S/C13H15Br2NO4/c1-4-20-12(19)13(2,3)10(17)7-16-6-8(14)5-9(15)11(16)18/h5-6H,4,7H2,1-3H3. The maximum absolute atomic E-state index is 12.2. The first-order valence-corrected chi connectivity index (χ1v) is 7.54. The van der Waals surface area contributed by atoms with Crippen LogP contribution in [0.25, 0.3) is 0 Å². The van der Waals surface area contributed by atoms with E-state index in [9.17, 15) is 14.4 Å². The number of ketones is 1. The summed E-state index contributed by atoms with van der Waals surface area (Å²) in [5.41, 5.74) is -1.62. The summed E-state index contributed by atoms with van der Waals surface area (Å²) in [5, 5.41) is 0. The van der Waals surface area contributed by atoms with Gasteiger partial charge in [0.05, 0.1) is 17.6 Å². The molecule has 0 bridgehead atoms. The van der Waals surface area contributed by atoms with Crippen molar-refractivity contribution in [2.24, 2.45) is 5.41 Å². The van der Waals surface area contributed by atoms with Crippen molar-refractivity contribution in [3.05, 3.63) is 31.6 Å². The molecular formula is C13H15Br2NO4. The smallest absolute Gasteiger partial charge is 0.319 e. The Hall–Kier alpha value is -0.950. The average molecular weight is 409 g/mol. The number of halogens is 2. The van der Waals surface area contributed by atoms with Gasteiger partial charge in [-0.1, -0.05) is 0 Å². The topological polar surface area (TPSA) is 65.4 Å². The fourth-order valence-corrected chi connectivity index (χ4v) is 2.72. The number of carbonyl (C=O) groups excluding carboxylic acids is 2. The largest absolute Gasteiger partial charge is 0.465 e. The molecule has 0 aliphatic heterocycles. The number of hydrogen-bond donors (Lipinski definition) is 0. The minimum atomic E-state index is -1.29. The van der Waals surface area contributed by atoms with Crippen LogP contribution in [0, 0.1) is 5.41 Å². The van der Waals surface area contributed by atoms with E-state index in [1.165, 1.54) is 24.6 Å². The van der Waals surface area contributed by atoms with Crippen LogP contribution < -0.4 is 5.56 Å². The van der Waals surface area contributed by atoms with Crippen LogP contribution in [0.15, 0.2) is 26.0 Å². The first kappa shape index (κ1) is 17.1. The molecule has 5 nitrogen and oxygen atoms in total. The zero-order chi connectivity index (χ0) is 15.5. The minimum absolute atomic E-state index is 0.192. The van der Waals surface area contributed by atoms with Gasteiger partial charge in [0.1, 0.15) is 5.41 Å². The lowest BCUT2D eigenvalue weighted by atomic mass is 9.88. The number of hydrogen-bond acceptors (Lipinski definition) is 4. The highest BCUT2D eigenvalue weighted by atomic mass is 79.9. The molecule has 1 aromatic rings. The van der Waals surface area contributed by atoms with Crippen molar-refractivity contribution in [3.8, 4) is 0 Å². The summed E-state index contributed by atoms with van der Waals surface area (Å²) in [7, 11) is 0. The quantitative estimate of drug-likeness (QED) is 0.554. The Labute approximate surface area is 133 Å². The molecule has 7 heteroatoms. The SMILES string of the molecule is CCOC(=O)C(C)(C)C(=O)Cn1cc(Br)cc(Br)c1=O. The van der Waals surface area contributed by atoms with Crippen LogP contribution in [0.4, 0.5) is 0 Å². The third-order valence-electron chi connectivity index (χ3n) is 2.81. The third kappa shape index (κ3) is 3.79. The van der Waals surface area contributed by atoms with Crippen molar-refractivity contribution in [1.29, 1.82) is 0 Å². The van der Waals surface area contributed by atoms with Crippen molar-refractivity contribution in [3.63, 3.8) is 0 Å². The van der Waals surface area contributed by atoms with Crippen molar-refractivity contribution >= 4 is 43.6 Å². The van der Waals surface area contributed by atoms with E-state index in [2.05, 4.69) is 31.9 Å². The van der Waals surface area contributed by atoms with Crippen LogP contribution in [0.5, 0.6) is 0 Å². The number of carbonyl (C=O) groups is 2. The monoisotopic (exact) mass is 407 g/mol. The summed E-state index contributed by atoms with van der Waals surface area (Å²) in [5.74, 6) is -0.977. The molecule has 0 aliphatic carbocycles. The molecule has 0 aliphatic rings. The molecule has 110 valence electrons. The van der Waals surface area contributed by atoms with Gasteiger partial charge in [0.2, 0.25) is 0 Å². The van der Waals surface area contributed by atoms with Gasteiger partial charge in [-0.15, -0.1) is 0 Å². The molecule has 0 saturated heterocycles. The number of Topliss-reactive ketones (excluding diaryl/α,β-unsaturated/α-hetero) is 1. The van der Waals surface area contributed by atoms with E-state index in [1.54, 1.807) is 13.0 Å². The van der Waals surface area contributed by atoms with E-state index < -0.39 is 11.4 Å². The Morgan fingerprint density at radius 2 is 1.95 bits per heavy atom. The molecule has 0 fully saturated rings. The number of ether oxygens (including phenoxy) is 1. The summed E-state index contributed by atoms with van der Waals surface area (Å²) in [4.78, 5) is 35.9. The summed E-state index contributed by atoms with van der Waals surface area (Å²) in [6.07, 6.45) is 1.51. The second kappa shape index (κ2) is 6.67. The number of nitrogens with zero attached hydrogens (tertiary/aromatic N) is 1. The first-order valence-electron chi connectivity index (χ1n) is 5.96. The van der Waals surface area contributed by atoms with E-state index >= 15 is 0 Å². The lowest BCUT2D eigenvalue weighted by molar-refractivity contribution is -0.158. The summed E-state index contributed by atoms with van der Waals surface area (Å²) < 4.78 is 7.12. The molecule has 0 aromatic carbocycles. The van der Waals surface area contributed by atoms with Gasteiger partial charge in [-0.2, -0.15) is 0 Å². The summed E-state index contributed by atoms with van der Waals surface area (Å²) >= 11 is 6.37. The van der Waals surface area contributed by atoms with Crippen LogP contribution in [0.1, 0.15) is 20.8 Å². The van der Waals surface area contributed by atoms with Crippen LogP contribution in [0.2, 0.25) is 0 Å². The van der Waals surface area contributed by atoms with Gasteiger partial charge in [0.15, 0.2) is 5.78 Å². The molecule has 0 unspecified atom stereocenters. The third-order valence-corrected chi connectivity index (χ3v) is 3.81. The molecule has 0 saturated carbocycles. The molecule has 0 atom stereocenters. The highest BCUT2D eigenvalue weighted by molar-refractivity contribution is 9.11. The predicted octanol–water partition coefficient (Wildman–Crippen LogP) is 2.53. The van der Waals surface area contributed by atoms with Gasteiger partial charge < -0.3 is 9.30 Å². The van der Waals surface area contributed by atoms with Crippen molar-refractivity contribution in [1.82, 2.24) is 4.57 Å². The minimum Gasteiger partial charge on any atom is -0.465 e. The van der Waals surface area contributed by atoms with Crippen LogP contribution >= 0.6 is 31.9 Å². The van der Waals surface area contributed by atoms with Gasteiger partial charge in [-0.05, 0) is 58.7 Å². The van der Waals surface area contributed by atoms with Crippen LogP contribution in [0.3, 0.4) is 0 Å². The van der Waals surface area contributed by atoms with E-state index in [1.807, 2.05) is 0 Å². The Bertz CT molecular complexity index is 593. The van der Waals surface area contributed by atoms with E-state index in [-0.39, 0.29) is 24.5 Å². The molecule has 0 radical (unpaired) electrons. The molecule has 0 amide bonds. The van der Waals surface area contributed by atoms with Gasteiger partial charge in [-0.3, -0.25) is 14.4 Å². The summed E-state index contributed by atoms with van der Waals surface area (Å²) in [6, 6.07) is 1.60. The number of esters is 1. The molecule has 1 rings (SSSR count). The molecular weight excluding hydrogens is 394 g/mol. The maximum Gasteiger partial charge on any atom is 0.319 e.